The van der Waals surface area contributed by atoms with Crippen molar-refractivity contribution in [2.45, 2.75) is 69.2 Å². The molecule has 4 aromatic carbocycles. The lowest BCUT2D eigenvalue weighted by molar-refractivity contribution is -0.255. The molecule has 0 bridgehead atoms. The zero-order valence-corrected chi connectivity index (χ0v) is 35.7. The Bertz CT molecular complexity index is 2310. The number of unbranched alkanes of at least 4 members (excludes halogenated alkanes) is 2. The average molecular weight is 839 g/mol. The van der Waals surface area contributed by atoms with Gasteiger partial charge in [0.25, 0.3) is 5.91 Å². The standard InChI is InChI=1S/C51H58N4O7/c1-3-28-61-51-47(55(50(58)37-19-17-35(33-52)18-20-37)34-39-14-10-13-36-11-4-5-15-41(36)39)32-45(53-59-2)43-30-38(12-6-8-26-56)42(16-7-9-27-57)48(49(43)51)44-31-40(21-22-46(44)62-51)60-29-25-54-23-24-54/h3-5,10-11,13-15,17-22,30-31,38,42,47-49,56-57H,1,6-9,12,16,23-29,32,34H2,2H3/t38-,42+,47-,48+,49+,51+/m0/s1. The van der Waals surface area contributed by atoms with Gasteiger partial charge in [-0.15, -0.1) is 6.58 Å². The number of carbonyl (C=O) groups excluding carboxylic acids is 1. The number of oxime groups is 1. The number of aliphatic hydroxyl groups excluding tert-OH is 2. The van der Waals surface area contributed by atoms with Gasteiger partial charge in [0.2, 0.25) is 5.79 Å². The largest absolute Gasteiger partial charge is 0.492 e. The zero-order valence-electron chi connectivity index (χ0n) is 35.7. The molecule has 2 fully saturated rings. The van der Waals surface area contributed by atoms with Crippen LogP contribution >= 0.6 is 0 Å². The second-order valence-corrected chi connectivity index (χ2v) is 16.9. The van der Waals surface area contributed by atoms with Crippen molar-refractivity contribution in [2.24, 2.45) is 22.9 Å². The number of rotatable bonds is 20. The maximum Gasteiger partial charge on any atom is 0.254 e. The minimum Gasteiger partial charge on any atom is -0.492 e. The van der Waals surface area contributed by atoms with Crippen LogP contribution in [0.2, 0.25) is 0 Å². The summed E-state index contributed by atoms with van der Waals surface area (Å²) in [5.41, 5.74) is 4.56. The van der Waals surface area contributed by atoms with Crippen molar-refractivity contribution < 1.29 is 34.1 Å². The summed E-state index contributed by atoms with van der Waals surface area (Å²) in [7, 11) is 1.56. The lowest BCUT2D eigenvalue weighted by Crippen LogP contribution is -2.70. The predicted molar refractivity (Wildman–Crippen MR) is 239 cm³/mol. The zero-order chi connectivity index (χ0) is 43.1. The van der Waals surface area contributed by atoms with E-state index in [-0.39, 0.29) is 56.4 Å². The number of ether oxygens (including phenoxy) is 3. The van der Waals surface area contributed by atoms with Crippen molar-refractivity contribution in [1.29, 1.82) is 5.26 Å². The lowest BCUT2D eigenvalue weighted by atomic mass is 9.55. The molecule has 1 amide bonds. The minimum absolute atomic E-state index is 0.0828. The third kappa shape index (κ3) is 8.88. The molecule has 324 valence electrons. The number of allylic oxidation sites excluding steroid dienone is 1. The van der Waals surface area contributed by atoms with E-state index in [1.54, 1.807) is 37.5 Å². The first-order valence-corrected chi connectivity index (χ1v) is 22.2. The monoisotopic (exact) mass is 838 g/mol. The van der Waals surface area contributed by atoms with E-state index in [2.05, 4.69) is 54.0 Å². The third-order valence-electron chi connectivity index (χ3n) is 13.2. The van der Waals surface area contributed by atoms with Gasteiger partial charge in [0.05, 0.1) is 29.9 Å². The van der Waals surface area contributed by atoms with Crippen molar-refractivity contribution in [2.75, 3.05) is 53.2 Å². The van der Waals surface area contributed by atoms with E-state index < -0.39 is 17.7 Å². The number of nitriles is 1. The summed E-state index contributed by atoms with van der Waals surface area (Å²) in [6.07, 6.45) is 9.05. The predicted octanol–water partition coefficient (Wildman–Crippen LogP) is 8.01. The molecule has 2 N–H and O–H groups in total. The van der Waals surface area contributed by atoms with Crippen LogP contribution in [0.5, 0.6) is 11.5 Å². The number of benzene rings is 4. The maximum atomic E-state index is 15.4. The van der Waals surface area contributed by atoms with E-state index in [9.17, 15) is 15.5 Å². The quantitative estimate of drug-likeness (QED) is 0.0393. The Morgan fingerprint density at radius 1 is 1.02 bits per heavy atom. The highest BCUT2D eigenvalue weighted by molar-refractivity contribution is 6.03. The molecule has 8 rings (SSSR count). The van der Waals surface area contributed by atoms with Crippen LogP contribution in [0.4, 0.5) is 0 Å². The van der Waals surface area contributed by atoms with Crippen LogP contribution in [0.3, 0.4) is 0 Å². The summed E-state index contributed by atoms with van der Waals surface area (Å²) in [6.45, 7) is 8.30. The Balaban J connectivity index is 1.34. The number of hydrogen-bond donors (Lipinski definition) is 2. The minimum atomic E-state index is -1.43. The van der Waals surface area contributed by atoms with Crippen molar-refractivity contribution in [3.8, 4) is 17.6 Å². The Kier molecular flexibility index (Phi) is 13.7. The second-order valence-electron chi connectivity index (χ2n) is 16.9. The number of fused-ring (bicyclic) bond motifs is 3. The van der Waals surface area contributed by atoms with Crippen LogP contribution in [0, 0.1) is 29.1 Å². The summed E-state index contributed by atoms with van der Waals surface area (Å²) in [6, 6.07) is 28.7. The number of hydrogen-bond acceptors (Lipinski definition) is 10. The third-order valence-corrected chi connectivity index (χ3v) is 13.2. The highest BCUT2D eigenvalue weighted by Gasteiger charge is 2.65. The van der Waals surface area contributed by atoms with Crippen molar-refractivity contribution in [3.63, 3.8) is 0 Å². The molecule has 62 heavy (non-hydrogen) atoms. The van der Waals surface area contributed by atoms with E-state index >= 15 is 4.79 Å². The van der Waals surface area contributed by atoms with Crippen LogP contribution in [-0.4, -0.2) is 96.6 Å². The normalized spacial score (nSPS) is 24.3. The van der Waals surface area contributed by atoms with Gasteiger partial charge in [-0.2, -0.15) is 5.26 Å². The fraction of sp³-hybridized carbons (Fsp3) is 0.431. The Hall–Kier alpha value is -5.51. The van der Waals surface area contributed by atoms with Gasteiger partial charge >= 0.3 is 0 Å². The van der Waals surface area contributed by atoms with E-state index in [0.29, 0.717) is 36.3 Å². The van der Waals surface area contributed by atoms with Crippen molar-refractivity contribution >= 4 is 22.4 Å². The number of carbonyl (C=O) groups is 1. The van der Waals surface area contributed by atoms with Gasteiger partial charge in [0, 0.05) is 62.9 Å². The summed E-state index contributed by atoms with van der Waals surface area (Å²) in [5.74, 6) is -0.664. The maximum absolute atomic E-state index is 15.4. The molecular formula is C51H58N4O7. The van der Waals surface area contributed by atoms with Gasteiger partial charge in [0.1, 0.15) is 31.3 Å². The van der Waals surface area contributed by atoms with Gasteiger partial charge in [-0.25, -0.2) is 0 Å². The molecule has 1 saturated heterocycles. The molecule has 11 nitrogen and oxygen atoms in total. The van der Waals surface area contributed by atoms with Crippen LogP contribution in [0.1, 0.15) is 77.9 Å². The molecule has 2 aliphatic heterocycles. The van der Waals surface area contributed by atoms with E-state index in [4.69, 9.17) is 24.2 Å². The highest BCUT2D eigenvalue weighted by Crippen LogP contribution is 2.62. The molecule has 0 spiro atoms. The molecular weight excluding hydrogens is 781 g/mol. The Labute approximate surface area is 364 Å². The average Bonchev–Trinajstić information content (AvgIpc) is 4.13. The molecule has 0 radical (unpaired) electrons. The summed E-state index contributed by atoms with van der Waals surface area (Å²) >= 11 is 0. The van der Waals surface area contributed by atoms with Gasteiger partial charge in [0.15, 0.2) is 0 Å². The van der Waals surface area contributed by atoms with E-state index in [1.165, 1.54) is 0 Å². The van der Waals surface area contributed by atoms with Gasteiger partial charge in [-0.05, 0) is 102 Å². The molecule has 1 saturated carbocycles. The summed E-state index contributed by atoms with van der Waals surface area (Å²) < 4.78 is 21.1. The van der Waals surface area contributed by atoms with Crippen LogP contribution < -0.4 is 9.47 Å². The first-order valence-electron chi connectivity index (χ1n) is 22.2. The lowest BCUT2D eigenvalue weighted by Gasteiger charge is -2.60. The fourth-order valence-corrected chi connectivity index (χ4v) is 10.2. The molecule has 11 heteroatoms. The molecule has 4 aliphatic rings. The molecule has 4 aromatic rings. The van der Waals surface area contributed by atoms with Crippen LogP contribution in [-0.2, 0) is 16.1 Å². The topological polar surface area (TPSA) is 137 Å². The molecule has 0 unspecified atom stereocenters. The fourth-order valence-electron chi connectivity index (χ4n) is 10.2. The van der Waals surface area contributed by atoms with Crippen LogP contribution in [0.15, 0.2) is 114 Å². The SMILES string of the molecule is C=CCO[C@@]12Oc3ccc(OCCN4CC4)cc3[C@H]3[C@H](CCCCO)[C@@H](CCCCO)C=C(C(=NOC)C[C@@H]1N(Cc1cccc4ccccc14)C(=O)c1ccc(C#N)cc1)[C@H]32. The number of nitrogens with zero attached hydrogens (tertiary/aromatic N) is 4. The van der Waals surface area contributed by atoms with E-state index in [0.717, 1.165) is 84.3 Å². The molecule has 2 aliphatic carbocycles. The number of amides is 1. The molecule has 2 heterocycles. The van der Waals surface area contributed by atoms with Gasteiger partial charge < -0.3 is 34.2 Å². The highest BCUT2D eigenvalue weighted by atomic mass is 16.7. The van der Waals surface area contributed by atoms with Crippen molar-refractivity contribution in [1.82, 2.24) is 9.80 Å². The summed E-state index contributed by atoms with van der Waals surface area (Å²) in [4.78, 5) is 25.3. The number of aliphatic hydroxyl groups is 2. The first kappa shape index (κ1) is 43.2. The van der Waals surface area contributed by atoms with Crippen LogP contribution in [0.25, 0.3) is 10.8 Å². The first-order chi connectivity index (χ1) is 30.4. The smallest absolute Gasteiger partial charge is 0.254 e. The molecule has 0 aromatic heterocycles. The summed E-state index contributed by atoms with van der Waals surface area (Å²) in [5, 5.41) is 36.4. The van der Waals surface area contributed by atoms with Crippen molar-refractivity contribution in [3.05, 3.63) is 131 Å². The van der Waals surface area contributed by atoms with E-state index in [1.807, 2.05) is 35.2 Å². The Morgan fingerprint density at radius 3 is 2.53 bits per heavy atom. The molecule has 6 atom stereocenters. The van der Waals surface area contributed by atoms with Gasteiger partial charge in [-0.1, -0.05) is 72.6 Å². The van der Waals surface area contributed by atoms with Gasteiger partial charge in [-0.3, -0.25) is 9.69 Å². The second kappa shape index (κ2) is 19.7. The Morgan fingerprint density at radius 2 is 1.79 bits per heavy atom.